The van der Waals surface area contributed by atoms with Gasteiger partial charge >= 0.3 is 11.5 Å². The first kappa shape index (κ1) is 8.18. The van der Waals surface area contributed by atoms with Gasteiger partial charge in [0.2, 0.25) is 0 Å². The van der Waals surface area contributed by atoms with Crippen molar-refractivity contribution < 1.29 is 4.92 Å². The van der Waals surface area contributed by atoms with Crippen molar-refractivity contribution >= 4 is 11.6 Å². The lowest BCUT2D eigenvalue weighted by Gasteiger charge is -1.98. The maximum atomic E-state index is 10.8. The average Bonchev–Trinajstić information content (AvgIpc) is 1.96. The van der Waals surface area contributed by atoms with Crippen LogP contribution in [0, 0.1) is 10.1 Å². The zero-order valence-corrected chi connectivity index (χ0v) is 6.22. The van der Waals surface area contributed by atoms with E-state index in [1.54, 1.807) is 0 Å². The molecule has 0 unspecified atom stereocenters. The van der Waals surface area contributed by atoms with Gasteiger partial charge in [0, 0.05) is 0 Å². The molecule has 0 amide bonds. The van der Waals surface area contributed by atoms with Gasteiger partial charge in [0.15, 0.2) is 0 Å². The summed E-state index contributed by atoms with van der Waals surface area (Å²) in [5, 5.41) is 10.3. The normalized spacial score (nSPS) is 9.75. The fourth-order valence-electron chi connectivity index (χ4n) is 0.720. The molecule has 0 aliphatic carbocycles. The molecular weight excluding hydrogens is 164 g/mol. The van der Waals surface area contributed by atoms with Gasteiger partial charge < -0.3 is 15.8 Å². The first-order valence-corrected chi connectivity index (χ1v) is 3.00. The largest absolute Gasteiger partial charge is 0.436 e. The standard InChI is InChI=1S/C5H6N4O3/c1-8-4(9(11)12)2-3(6)7-5(8)10/h2H,1H3,(H2,6,7,10). The van der Waals surface area contributed by atoms with Crippen molar-refractivity contribution in [3.63, 3.8) is 0 Å². The van der Waals surface area contributed by atoms with Crippen molar-refractivity contribution in [2.45, 2.75) is 0 Å². The summed E-state index contributed by atoms with van der Waals surface area (Å²) in [5.74, 6) is -0.516. The van der Waals surface area contributed by atoms with E-state index in [2.05, 4.69) is 4.98 Å². The Morgan fingerprint density at radius 1 is 1.75 bits per heavy atom. The topological polar surface area (TPSA) is 104 Å². The summed E-state index contributed by atoms with van der Waals surface area (Å²) >= 11 is 0. The Balaban J connectivity index is 3.48. The molecule has 1 aromatic rings. The van der Waals surface area contributed by atoms with Gasteiger partial charge in [-0.15, -0.1) is 0 Å². The second-order valence-corrected chi connectivity index (χ2v) is 2.14. The lowest BCUT2D eigenvalue weighted by atomic mass is 10.5. The minimum atomic E-state index is -0.735. The summed E-state index contributed by atoms with van der Waals surface area (Å²) < 4.78 is 0.816. The number of nitrogen functional groups attached to an aromatic ring is 1. The second-order valence-electron chi connectivity index (χ2n) is 2.14. The fourth-order valence-corrected chi connectivity index (χ4v) is 0.720. The molecule has 12 heavy (non-hydrogen) atoms. The number of anilines is 1. The van der Waals surface area contributed by atoms with E-state index < -0.39 is 10.6 Å². The van der Waals surface area contributed by atoms with E-state index in [-0.39, 0.29) is 11.6 Å². The number of aromatic nitrogens is 2. The van der Waals surface area contributed by atoms with E-state index in [1.165, 1.54) is 7.05 Å². The van der Waals surface area contributed by atoms with Crippen LogP contribution < -0.4 is 11.4 Å². The molecule has 1 heterocycles. The zero-order valence-electron chi connectivity index (χ0n) is 6.22. The monoisotopic (exact) mass is 170 g/mol. The molecule has 7 nitrogen and oxygen atoms in total. The Bertz CT molecular complexity index is 383. The van der Waals surface area contributed by atoms with Crippen molar-refractivity contribution in [2.75, 3.05) is 5.73 Å². The summed E-state index contributed by atoms with van der Waals surface area (Å²) in [6.07, 6.45) is 0. The fraction of sp³-hybridized carbons (Fsp3) is 0.200. The SMILES string of the molecule is Cn1c([N+](=O)[O-])cc(N)nc1=O. The Kier molecular flexibility index (Phi) is 1.78. The van der Waals surface area contributed by atoms with Gasteiger partial charge in [0.25, 0.3) is 0 Å². The van der Waals surface area contributed by atoms with Crippen LogP contribution in [0.3, 0.4) is 0 Å². The first-order valence-electron chi connectivity index (χ1n) is 3.00. The zero-order chi connectivity index (χ0) is 9.30. The van der Waals surface area contributed by atoms with E-state index in [4.69, 9.17) is 5.73 Å². The molecule has 2 N–H and O–H groups in total. The predicted molar refractivity (Wildman–Crippen MR) is 40.5 cm³/mol. The molecule has 7 heteroatoms. The Hall–Kier alpha value is -1.92. The number of hydrogen-bond acceptors (Lipinski definition) is 5. The van der Waals surface area contributed by atoms with Crippen molar-refractivity contribution in [2.24, 2.45) is 7.05 Å². The van der Waals surface area contributed by atoms with E-state index in [0.717, 1.165) is 10.6 Å². The van der Waals surface area contributed by atoms with Gasteiger partial charge in [-0.3, -0.25) is 0 Å². The van der Waals surface area contributed by atoms with Gasteiger partial charge in [-0.2, -0.15) is 9.55 Å². The molecule has 1 rings (SSSR count). The maximum absolute atomic E-state index is 10.8. The van der Waals surface area contributed by atoms with Crippen LogP contribution in [-0.2, 0) is 7.05 Å². The van der Waals surface area contributed by atoms with Crippen LogP contribution in [0.1, 0.15) is 0 Å². The van der Waals surface area contributed by atoms with Gasteiger partial charge in [-0.05, 0) is 4.92 Å². The third-order valence-corrected chi connectivity index (χ3v) is 1.32. The van der Waals surface area contributed by atoms with Gasteiger partial charge in [-0.25, -0.2) is 4.79 Å². The minimum absolute atomic E-state index is 0.148. The summed E-state index contributed by atoms with van der Waals surface area (Å²) in [6, 6.07) is 1.03. The lowest BCUT2D eigenvalue weighted by Crippen LogP contribution is -2.23. The number of nitrogens with two attached hydrogens (primary N) is 1. The first-order chi connectivity index (χ1) is 5.52. The highest BCUT2D eigenvalue weighted by Crippen LogP contribution is 2.07. The summed E-state index contributed by atoms with van der Waals surface area (Å²) in [5.41, 5.74) is 4.40. The number of rotatable bonds is 1. The van der Waals surface area contributed by atoms with Crippen LogP contribution >= 0.6 is 0 Å². The molecule has 0 aliphatic rings. The minimum Gasteiger partial charge on any atom is -0.383 e. The molecule has 64 valence electrons. The van der Waals surface area contributed by atoms with Gasteiger partial charge in [0.1, 0.15) is 5.82 Å². The van der Waals surface area contributed by atoms with Crippen LogP contribution in [0.25, 0.3) is 0 Å². The summed E-state index contributed by atoms with van der Waals surface area (Å²) in [4.78, 5) is 23.7. The highest BCUT2D eigenvalue weighted by atomic mass is 16.6. The molecule has 0 saturated heterocycles. The molecule has 0 atom stereocenters. The van der Waals surface area contributed by atoms with Crippen LogP contribution in [0.5, 0.6) is 0 Å². The third-order valence-electron chi connectivity index (χ3n) is 1.32. The molecule has 0 saturated carbocycles. The molecule has 0 aromatic carbocycles. The van der Waals surface area contributed by atoms with E-state index >= 15 is 0 Å². The van der Waals surface area contributed by atoms with Crippen LogP contribution in [-0.4, -0.2) is 14.5 Å². The number of nitrogens with zero attached hydrogens (tertiary/aromatic N) is 3. The van der Waals surface area contributed by atoms with Crippen LogP contribution in [0.2, 0.25) is 0 Å². The predicted octanol–water partition coefficient (Wildman–Crippen LogP) is -0.729. The van der Waals surface area contributed by atoms with Gasteiger partial charge in [-0.1, -0.05) is 0 Å². The van der Waals surface area contributed by atoms with Crippen molar-refractivity contribution in [1.29, 1.82) is 0 Å². The highest BCUT2D eigenvalue weighted by molar-refractivity contribution is 5.35. The Morgan fingerprint density at radius 3 is 2.83 bits per heavy atom. The third kappa shape index (κ3) is 1.24. The molecule has 0 fully saturated rings. The number of hydrogen-bond donors (Lipinski definition) is 1. The van der Waals surface area contributed by atoms with Crippen LogP contribution in [0.4, 0.5) is 11.6 Å². The van der Waals surface area contributed by atoms with Crippen molar-refractivity contribution in [3.05, 3.63) is 26.7 Å². The Morgan fingerprint density at radius 2 is 2.33 bits per heavy atom. The molecular formula is C5H6N4O3. The molecule has 0 aliphatic heterocycles. The highest BCUT2D eigenvalue weighted by Gasteiger charge is 2.12. The van der Waals surface area contributed by atoms with Gasteiger partial charge in [0.05, 0.1) is 13.1 Å². The number of nitro groups is 1. The quantitative estimate of drug-likeness (QED) is 0.442. The average molecular weight is 170 g/mol. The smallest absolute Gasteiger partial charge is 0.383 e. The van der Waals surface area contributed by atoms with Crippen LogP contribution in [0.15, 0.2) is 10.9 Å². The molecule has 0 spiro atoms. The maximum Gasteiger partial charge on any atom is 0.436 e. The van der Waals surface area contributed by atoms with Crippen molar-refractivity contribution in [3.8, 4) is 0 Å². The molecule has 0 bridgehead atoms. The van der Waals surface area contributed by atoms with E-state index in [1.807, 2.05) is 0 Å². The second kappa shape index (κ2) is 2.61. The summed E-state index contributed by atoms with van der Waals surface area (Å²) in [7, 11) is 1.26. The van der Waals surface area contributed by atoms with Crippen molar-refractivity contribution in [1.82, 2.24) is 9.55 Å². The van der Waals surface area contributed by atoms with E-state index in [0.29, 0.717) is 0 Å². The Labute approximate surface area is 66.6 Å². The molecule has 1 aromatic heterocycles. The van der Waals surface area contributed by atoms with E-state index in [9.17, 15) is 14.9 Å². The molecule has 0 radical (unpaired) electrons. The lowest BCUT2D eigenvalue weighted by molar-refractivity contribution is -0.392. The summed E-state index contributed by atoms with van der Waals surface area (Å²) in [6.45, 7) is 0.